The van der Waals surface area contributed by atoms with Gasteiger partial charge in [0.1, 0.15) is 50.5 Å². The summed E-state index contributed by atoms with van der Waals surface area (Å²) in [4.78, 5) is 64.5. The molecular weight excluding hydrogens is 646 g/mol. The Bertz CT molecular complexity index is 1900. The molecule has 0 radical (unpaired) electrons. The Morgan fingerprint density at radius 2 is 1.80 bits per heavy atom. The van der Waals surface area contributed by atoms with Gasteiger partial charge in [-0.05, 0) is 19.1 Å². The summed E-state index contributed by atoms with van der Waals surface area (Å²) in [6.07, 6.45) is 0.361. The summed E-state index contributed by atoms with van der Waals surface area (Å²) in [5.74, 6) is -0.729. The largest absolute Gasteiger partial charge is 0.458 e. The second-order valence-electron chi connectivity index (χ2n) is 11.4. The smallest absolute Gasteiger partial charge is 0.332 e. The number of hydrogen-bond acceptors (Lipinski definition) is 14. The van der Waals surface area contributed by atoms with Gasteiger partial charge in [0.25, 0.3) is 11.5 Å². The van der Waals surface area contributed by atoms with Crippen molar-refractivity contribution in [2.75, 3.05) is 39.0 Å². The van der Waals surface area contributed by atoms with E-state index in [1.165, 1.54) is 30.5 Å². The van der Waals surface area contributed by atoms with E-state index in [1.807, 2.05) is 6.07 Å². The number of imidazole rings is 1. The van der Waals surface area contributed by atoms with Crippen LogP contribution in [0, 0.1) is 6.92 Å². The molecular formula is C31H35N7O11. The lowest BCUT2D eigenvalue weighted by Crippen LogP contribution is -2.33. The van der Waals surface area contributed by atoms with Crippen molar-refractivity contribution in [3.05, 3.63) is 81.1 Å². The normalized spacial score (nSPS) is 23.6. The molecule has 4 aromatic rings. The molecule has 6 atom stereocenters. The Balaban J connectivity index is 1.10. The van der Waals surface area contributed by atoms with E-state index >= 15 is 0 Å². The predicted octanol–water partition coefficient (Wildman–Crippen LogP) is 0.422. The molecule has 2 aliphatic rings. The number of H-pyrrole nitrogens is 1. The third-order valence-corrected chi connectivity index (χ3v) is 8.13. The maximum absolute atomic E-state index is 12.8. The van der Waals surface area contributed by atoms with E-state index < -0.39 is 54.1 Å². The second kappa shape index (κ2) is 15.1. The van der Waals surface area contributed by atoms with Crippen LogP contribution in [0.4, 0.5) is 5.82 Å². The highest BCUT2D eigenvalue weighted by molar-refractivity contribution is 6.06. The highest BCUT2D eigenvalue weighted by Crippen LogP contribution is 2.34. The number of ether oxygens (including phenoxy) is 6. The predicted molar refractivity (Wildman–Crippen MR) is 167 cm³/mol. The number of aliphatic hydroxyl groups excluding tert-OH is 1. The summed E-state index contributed by atoms with van der Waals surface area (Å²) in [6.45, 7) is 0.667. The minimum atomic E-state index is -0.769. The van der Waals surface area contributed by atoms with Crippen LogP contribution in [0.2, 0.25) is 0 Å². The average molecular weight is 682 g/mol. The number of aromatic amines is 1. The molecule has 5 heterocycles. The topological polar surface area (TPSA) is 220 Å². The molecule has 0 aliphatic carbocycles. The first kappa shape index (κ1) is 34.0. The fourth-order valence-corrected chi connectivity index (χ4v) is 5.70. The van der Waals surface area contributed by atoms with Crippen LogP contribution in [0.1, 0.15) is 41.2 Å². The molecule has 18 heteroatoms. The number of anilines is 1. The third-order valence-electron chi connectivity index (χ3n) is 8.13. The number of fused-ring (bicyclic) bond motifs is 1. The van der Waals surface area contributed by atoms with Gasteiger partial charge in [0.2, 0.25) is 0 Å². The van der Waals surface area contributed by atoms with Crippen molar-refractivity contribution in [3.63, 3.8) is 0 Å². The molecule has 3 aromatic heterocycles. The standard InChI is InChI=1S/C31H35N7O11/c1-17-10-37(31(43)36-29(17)41)23-8-19(21(11-39)47-23)46-16-45-12-22-20(49-25(40)13-44-2)9-24(48-22)38-15-34-26-27(32-14-33-28(26)38)35-30(42)18-6-4-3-5-7-18/h3-7,10,14-15,19-24,39H,8-9,11-13,16H2,1-2H3,(H,36,41,43)(H,32,33,35,42)/t19-,20-,21+,22+,23+,24+/m0/s1. The lowest BCUT2D eigenvalue weighted by atomic mass is 10.2. The van der Waals surface area contributed by atoms with Crippen LogP contribution >= 0.6 is 0 Å². The molecule has 0 bridgehead atoms. The van der Waals surface area contributed by atoms with Crippen LogP contribution in [0.5, 0.6) is 0 Å². The fourth-order valence-electron chi connectivity index (χ4n) is 5.70. The number of esters is 1. The first-order chi connectivity index (χ1) is 23.7. The van der Waals surface area contributed by atoms with Gasteiger partial charge < -0.3 is 38.8 Å². The van der Waals surface area contributed by atoms with Gasteiger partial charge in [-0.1, -0.05) is 18.2 Å². The number of carbonyl (C=O) groups is 2. The molecule has 1 aromatic carbocycles. The Kier molecular flexibility index (Phi) is 10.5. The fraction of sp³-hybridized carbons (Fsp3) is 0.452. The van der Waals surface area contributed by atoms with Crippen LogP contribution in [-0.2, 0) is 33.2 Å². The van der Waals surface area contributed by atoms with Crippen molar-refractivity contribution < 1.29 is 43.1 Å². The molecule has 0 unspecified atom stereocenters. The van der Waals surface area contributed by atoms with E-state index in [4.69, 9.17) is 28.4 Å². The van der Waals surface area contributed by atoms with E-state index in [2.05, 4.69) is 25.3 Å². The molecule has 0 spiro atoms. The van der Waals surface area contributed by atoms with Crippen LogP contribution in [-0.4, -0.2) is 104 Å². The number of aryl methyl sites for hydroxylation is 1. The maximum atomic E-state index is 12.8. The molecule has 6 rings (SSSR count). The summed E-state index contributed by atoms with van der Waals surface area (Å²) < 4.78 is 37.2. The van der Waals surface area contributed by atoms with Crippen LogP contribution in [0.15, 0.2) is 58.8 Å². The highest BCUT2D eigenvalue weighted by Gasteiger charge is 2.41. The molecule has 2 fully saturated rings. The van der Waals surface area contributed by atoms with Crippen molar-refractivity contribution in [1.29, 1.82) is 0 Å². The lowest BCUT2D eigenvalue weighted by molar-refractivity contribution is -0.164. The molecule has 3 N–H and O–H groups in total. The van der Waals surface area contributed by atoms with E-state index in [-0.39, 0.29) is 51.2 Å². The summed E-state index contributed by atoms with van der Waals surface area (Å²) in [5, 5.41) is 12.6. The minimum absolute atomic E-state index is 0.0409. The molecule has 2 saturated heterocycles. The zero-order valence-corrected chi connectivity index (χ0v) is 26.6. The van der Waals surface area contributed by atoms with Crippen LogP contribution in [0.25, 0.3) is 11.2 Å². The molecule has 0 saturated carbocycles. The van der Waals surface area contributed by atoms with Gasteiger partial charge in [-0.25, -0.2) is 24.5 Å². The number of nitrogens with zero attached hydrogens (tertiary/aromatic N) is 5. The number of hydrogen-bond donors (Lipinski definition) is 3. The van der Waals surface area contributed by atoms with E-state index in [0.29, 0.717) is 22.3 Å². The van der Waals surface area contributed by atoms with E-state index in [9.17, 15) is 24.3 Å². The third kappa shape index (κ3) is 7.58. The minimum Gasteiger partial charge on any atom is -0.458 e. The summed E-state index contributed by atoms with van der Waals surface area (Å²) in [7, 11) is 1.38. The summed E-state index contributed by atoms with van der Waals surface area (Å²) >= 11 is 0. The first-order valence-electron chi connectivity index (χ1n) is 15.4. The monoisotopic (exact) mass is 681 g/mol. The van der Waals surface area contributed by atoms with Gasteiger partial charge in [-0.3, -0.25) is 23.7 Å². The van der Waals surface area contributed by atoms with Gasteiger partial charge >= 0.3 is 11.7 Å². The van der Waals surface area contributed by atoms with Crippen molar-refractivity contribution in [2.45, 2.75) is 56.6 Å². The van der Waals surface area contributed by atoms with Gasteiger partial charge in [-0.15, -0.1) is 0 Å². The zero-order valence-electron chi connectivity index (χ0n) is 26.6. The molecule has 18 nitrogen and oxygen atoms in total. The highest BCUT2D eigenvalue weighted by atomic mass is 16.7. The Morgan fingerprint density at radius 1 is 1.04 bits per heavy atom. The number of amides is 1. The first-order valence-corrected chi connectivity index (χ1v) is 15.4. The average Bonchev–Trinajstić information content (AvgIpc) is 3.82. The van der Waals surface area contributed by atoms with Gasteiger partial charge in [-0.2, -0.15) is 0 Å². The number of aromatic nitrogens is 6. The summed E-state index contributed by atoms with van der Waals surface area (Å²) in [5.41, 5.74) is 0.379. The number of methoxy groups -OCH3 is 1. The Labute approximate surface area is 277 Å². The number of aliphatic hydroxyl groups is 1. The summed E-state index contributed by atoms with van der Waals surface area (Å²) in [6, 6.07) is 8.67. The maximum Gasteiger partial charge on any atom is 0.332 e. The number of rotatable bonds is 13. The van der Waals surface area contributed by atoms with E-state index in [1.54, 1.807) is 35.8 Å². The second-order valence-corrected chi connectivity index (χ2v) is 11.4. The molecule has 1 amide bonds. The number of benzene rings is 1. The molecule has 49 heavy (non-hydrogen) atoms. The quantitative estimate of drug-likeness (QED) is 0.0990. The molecule has 260 valence electrons. The zero-order chi connectivity index (χ0) is 34.5. The van der Waals surface area contributed by atoms with Crippen molar-refractivity contribution in [3.8, 4) is 0 Å². The van der Waals surface area contributed by atoms with Gasteiger partial charge in [0.15, 0.2) is 17.0 Å². The van der Waals surface area contributed by atoms with Crippen LogP contribution in [0.3, 0.4) is 0 Å². The van der Waals surface area contributed by atoms with Crippen molar-refractivity contribution >= 4 is 28.9 Å². The van der Waals surface area contributed by atoms with E-state index in [0.717, 1.165) is 0 Å². The lowest BCUT2D eigenvalue weighted by Gasteiger charge is -2.20. The Morgan fingerprint density at radius 3 is 2.57 bits per heavy atom. The Hall–Kier alpha value is -4.85. The number of carbonyl (C=O) groups excluding carboxylic acids is 2. The number of nitrogens with one attached hydrogen (secondary N) is 2. The van der Waals surface area contributed by atoms with Crippen LogP contribution < -0.4 is 16.6 Å². The van der Waals surface area contributed by atoms with Crippen molar-refractivity contribution in [2.24, 2.45) is 0 Å². The molecule has 2 aliphatic heterocycles. The van der Waals surface area contributed by atoms with Gasteiger partial charge in [0.05, 0.1) is 25.6 Å². The van der Waals surface area contributed by atoms with Crippen molar-refractivity contribution in [1.82, 2.24) is 29.1 Å². The van der Waals surface area contributed by atoms with Gasteiger partial charge in [0, 0.05) is 37.3 Å². The SMILES string of the molecule is COCC(=O)O[C@H]1C[C@H](n2cnc3c(NC(=O)c4ccccc4)ncnc32)O[C@@H]1COCO[C@H]1C[C@H](n2cc(C)c(=O)[nH]c2=O)O[C@@H]1CO.